The molecule has 2 N–H and O–H groups in total. The van der Waals surface area contributed by atoms with Crippen molar-refractivity contribution in [3.63, 3.8) is 0 Å². The Balaban J connectivity index is 2.46. The van der Waals surface area contributed by atoms with E-state index in [2.05, 4.69) is 9.71 Å². The highest BCUT2D eigenvalue weighted by molar-refractivity contribution is 7.90. The molecule has 0 bridgehead atoms. The Morgan fingerprint density at radius 3 is 2.55 bits per heavy atom. The van der Waals surface area contributed by atoms with E-state index in [-0.39, 0.29) is 23.0 Å². The maximum absolute atomic E-state index is 12.0. The van der Waals surface area contributed by atoms with Crippen molar-refractivity contribution in [3.8, 4) is 0 Å². The summed E-state index contributed by atoms with van der Waals surface area (Å²) in [5, 5.41) is 9.16. The Hall–Kier alpha value is -1.40. The largest absolute Gasteiger partial charge is 0.396 e. The van der Waals surface area contributed by atoms with Crippen LogP contribution in [-0.2, 0) is 10.0 Å². The molecule has 1 atom stereocenters. The summed E-state index contributed by atoms with van der Waals surface area (Å²) in [5.41, 5.74) is 0.443. The summed E-state index contributed by atoms with van der Waals surface area (Å²) in [6.07, 6.45) is 0.497. The van der Waals surface area contributed by atoms with E-state index >= 15 is 0 Å². The number of nitrogens with one attached hydrogen (secondary N) is 1. The van der Waals surface area contributed by atoms with E-state index in [0.717, 1.165) is 0 Å². The van der Waals surface area contributed by atoms with Crippen molar-refractivity contribution < 1.29 is 13.5 Å². The third kappa shape index (κ3) is 2.86. The van der Waals surface area contributed by atoms with Crippen molar-refractivity contribution in [2.75, 3.05) is 6.61 Å². The molecule has 0 amide bonds. The van der Waals surface area contributed by atoms with Crippen LogP contribution in [0.2, 0.25) is 0 Å². The minimum absolute atomic E-state index is 0.0209. The van der Waals surface area contributed by atoms with Crippen LogP contribution in [0, 0.1) is 5.41 Å². The standard InChI is InChI=1S/C14H20N2O3S/c1-14(2,3)12(8-9-17)15-13-10-6-4-5-7-11(10)20(18,19)16-13/h4-7,12,17H,8-9H2,1-3H3,(H,15,16). The number of fused-ring (bicyclic) bond motifs is 1. The molecule has 6 heteroatoms. The van der Waals surface area contributed by atoms with Gasteiger partial charge in [-0.05, 0) is 24.0 Å². The van der Waals surface area contributed by atoms with Crippen molar-refractivity contribution in [1.29, 1.82) is 0 Å². The molecule has 1 aliphatic rings. The number of benzene rings is 1. The van der Waals surface area contributed by atoms with Gasteiger partial charge >= 0.3 is 0 Å². The van der Waals surface area contributed by atoms with Crippen LogP contribution in [0.3, 0.4) is 0 Å². The number of aliphatic imine (C=N–C) groups is 1. The van der Waals surface area contributed by atoms with E-state index in [1.165, 1.54) is 0 Å². The predicted octanol–water partition coefficient (Wildman–Crippen LogP) is 1.52. The van der Waals surface area contributed by atoms with E-state index in [0.29, 0.717) is 17.8 Å². The molecule has 0 aromatic heterocycles. The predicted molar refractivity (Wildman–Crippen MR) is 78.2 cm³/mol. The maximum Gasteiger partial charge on any atom is 0.263 e. The van der Waals surface area contributed by atoms with Gasteiger partial charge in [-0.25, -0.2) is 8.42 Å². The minimum atomic E-state index is -3.50. The van der Waals surface area contributed by atoms with Crippen LogP contribution < -0.4 is 4.72 Å². The summed E-state index contributed by atoms with van der Waals surface area (Å²) in [7, 11) is -3.50. The molecule has 0 saturated carbocycles. The zero-order valence-corrected chi connectivity index (χ0v) is 12.7. The van der Waals surface area contributed by atoms with Crippen LogP contribution in [0.5, 0.6) is 0 Å². The van der Waals surface area contributed by atoms with Crippen molar-refractivity contribution in [3.05, 3.63) is 29.8 Å². The lowest BCUT2D eigenvalue weighted by molar-refractivity contribution is 0.226. The van der Waals surface area contributed by atoms with E-state index in [4.69, 9.17) is 5.11 Å². The van der Waals surface area contributed by atoms with Crippen molar-refractivity contribution in [2.45, 2.75) is 38.1 Å². The molecule has 1 aromatic rings. The fourth-order valence-electron chi connectivity index (χ4n) is 2.20. The van der Waals surface area contributed by atoms with Crippen LogP contribution in [0.4, 0.5) is 0 Å². The second-order valence-corrected chi connectivity index (χ2v) is 7.62. The minimum Gasteiger partial charge on any atom is -0.396 e. The normalized spacial score (nSPS) is 20.5. The highest BCUT2D eigenvalue weighted by Gasteiger charge is 2.32. The molecule has 1 heterocycles. The van der Waals surface area contributed by atoms with Gasteiger partial charge in [0.2, 0.25) is 0 Å². The first-order valence-corrected chi connectivity index (χ1v) is 8.05. The van der Waals surface area contributed by atoms with E-state index in [1.807, 2.05) is 20.8 Å². The molecule has 0 fully saturated rings. The average Bonchev–Trinajstić information content (AvgIpc) is 2.60. The number of sulfonamides is 1. The molecule has 0 radical (unpaired) electrons. The molecule has 0 aliphatic carbocycles. The van der Waals surface area contributed by atoms with Gasteiger partial charge in [-0.2, -0.15) is 0 Å². The molecule has 2 rings (SSSR count). The molecule has 1 unspecified atom stereocenters. The van der Waals surface area contributed by atoms with Gasteiger partial charge in [-0.1, -0.05) is 32.9 Å². The van der Waals surface area contributed by atoms with Gasteiger partial charge in [-0.15, -0.1) is 0 Å². The zero-order valence-electron chi connectivity index (χ0n) is 11.9. The van der Waals surface area contributed by atoms with Gasteiger partial charge in [0.1, 0.15) is 5.84 Å². The van der Waals surface area contributed by atoms with Gasteiger partial charge in [0.15, 0.2) is 0 Å². The lowest BCUT2D eigenvalue weighted by Crippen LogP contribution is -2.30. The smallest absolute Gasteiger partial charge is 0.263 e. The van der Waals surface area contributed by atoms with Crippen LogP contribution >= 0.6 is 0 Å². The Bertz CT molecular complexity index is 630. The highest BCUT2D eigenvalue weighted by atomic mass is 32.2. The lowest BCUT2D eigenvalue weighted by atomic mass is 9.85. The van der Waals surface area contributed by atoms with Gasteiger partial charge in [-0.3, -0.25) is 9.71 Å². The number of nitrogens with zero attached hydrogens (tertiary/aromatic N) is 1. The quantitative estimate of drug-likeness (QED) is 0.887. The van der Waals surface area contributed by atoms with E-state index in [1.54, 1.807) is 24.3 Å². The molecule has 0 saturated heterocycles. The first-order chi connectivity index (χ1) is 9.25. The third-order valence-electron chi connectivity index (χ3n) is 3.35. The summed E-state index contributed by atoms with van der Waals surface area (Å²) >= 11 is 0. The number of amidine groups is 1. The Morgan fingerprint density at radius 2 is 1.95 bits per heavy atom. The van der Waals surface area contributed by atoms with Gasteiger partial charge < -0.3 is 5.11 Å². The first-order valence-electron chi connectivity index (χ1n) is 6.56. The van der Waals surface area contributed by atoms with Crippen LogP contribution in [0.1, 0.15) is 32.8 Å². The van der Waals surface area contributed by atoms with Crippen molar-refractivity contribution >= 4 is 15.9 Å². The highest BCUT2D eigenvalue weighted by Crippen LogP contribution is 2.28. The van der Waals surface area contributed by atoms with Gasteiger partial charge in [0.25, 0.3) is 10.0 Å². The fourth-order valence-corrected chi connectivity index (χ4v) is 3.44. The SMILES string of the molecule is CC(C)(C)C(CCO)N=C1NS(=O)(=O)c2ccccc21. The molecular weight excluding hydrogens is 276 g/mol. The van der Waals surface area contributed by atoms with Gasteiger partial charge in [0.05, 0.1) is 10.9 Å². The zero-order chi connectivity index (χ0) is 15.0. The van der Waals surface area contributed by atoms with Crippen LogP contribution in [0.25, 0.3) is 0 Å². The number of hydrogen-bond acceptors (Lipinski definition) is 4. The Kier molecular flexibility index (Phi) is 3.88. The summed E-state index contributed by atoms with van der Waals surface area (Å²) < 4.78 is 26.5. The second kappa shape index (κ2) is 5.18. The molecule has 1 aliphatic heterocycles. The van der Waals surface area contributed by atoms with E-state index in [9.17, 15) is 8.42 Å². The number of aliphatic hydroxyl groups is 1. The fraction of sp³-hybridized carbons (Fsp3) is 0.500. The molecule has 1 aromatic carbocycles. The molecule has 20 heavy (non-hydrogen) atoms. The van der Waals surface area contributed by atoms with Crippen molar-refractivity contribution in [2.24, 2.45) is 10.4 Å². The molecule has 5 nitrogen and oxygen atoms in total. The van der Waals surface area contributed by atoms with E-state index < -0.39 is 10.0 Å². The van der Waals surface area contributed by atoms with Gasteiger partial charge in [0, 0.05) is 12.2 Å². The Morgan fingerprint density at radius 1 is 1.30 bits per heavy atom. The second-order valence-electron chi connectivity index (χ2n) is 5.97. The van der Waals surface area contributed by atoms with Crippen LogP contribution in [0.15, 0.2) is 34.2 Å². The maximum atomic E-state index is 12.0. The summed E-state index contributed by atoms with van der Waals surface area (Å²) in [6, 6.07) is 6.63. The van der Waals surface area contributed by atoms with Crippen molar-refractivity contribution in [1.82, 2.24) is 4.72 Å². The molecular formula is C14H20N2O3S. The first kappa shape index (κ1) is 15.0. The van der Waals surface area contributed by atoms with Crippen LogP contribution in [-0.4, -0.2) is 32.0 Å². The topological polar surface area (TPSA) is 78.8 Å². The summed E-state index contributed by atoms with van der Waals surface area (Å²) in [4.78, 5) is 4.80. The number of rotatable bonds is 3. The Labute approximate surface area is 119 Å². The molecule has 110 valence electrons. The number of hydrogen-bond donors (Lipinski definition) is 2. The summed E-state index contributed by atoms with van der Waals surface area (Å²) in [6.45, 7) is 6.08. The lowest BCUT2D eigenvalue weighted by Gasteiger charge is -2.27. The monoisotopic (exact) mass is 296 g/mol. The summed E-state index contributed by atoms with van der Waals surface area (Å²) in [5.74, 6) is 0.369. The average molecular weight is 296 g/mol. The molecule has 0 spiro atoms. The number of aliphatic hydroxyl groups excluding tert-OH is 1. The third-order valence-corrected chi connectivity index (χ3v) is 4.75.